The minimum absolute atomic E-state index is 0.414. The molecule has 1 fully saturated rings. The van der Waals surface area contributed by atoms with Crippen molar-refractivity contribution in [2.24, 2.45) is 17.2 Å². The first-order valence-corrected chi connectivity index (χ1v) is 6.60. The van der Waals surface area contributed by atoms with Crippen molar-refractivity contribution in [3.05, 3.63) is 35.4 Å². The fraction of sp³-hybridized carbons (Fsp3) is 0.600. The molecule has 0 bridgehead atoms. The fourth-order valence-electron chi connectivity index (χ4n) is 2.68. The second-order valence-corrected chi connectivity index (χ2v) is 5.95. The molecule has 2 nitrogen and oxygen atoms in total. The number of nitrogens with two attached hydrogens (primary N) is 1. The van der Waals surface area contributed by atoms with E-state index >= 15 is 0 Å². The smallest absolute Gasteiger partial charge is 0.0284 e. The minimum Gasteiger partial charge on any atom is -0.271 e. The number of benzene rings is 1. The molecule has 3 N–H and O–H groups in total. The molecule has 17 heavy (non-hydrogen) atoms. The summed E-state index contributed by atoms with van der Waals surface area (Å²) in [5.41, 5.74) is 6.25. The van der Waals surface area contributed by atoms with Gasteiger partial charge in [-0.3, -0.25) is 11.3 Å². The highest BCUT2D eigenvalue weighted by Gasteiger charge is 2.49. The molecule has 0 spiro atoms. The molecule has 2 heteroatoms. The highest BCUT2D eigenvalue weighted by molar-refractivity contribution is 5.24. The quantitative estimate of drug-likeness (QED) is 0.605. The summed E-state index contributed by atoms with van der Waals surface area (Å²) in [6.07, 6.45) is 3.43. The van der Waals surface area contributed by atoms with Crippen molar-refractivity contribution in [1.82, 2.24) is 5.43 Å². The Labute approximate surface area is 105 Å². The zero-order valence-electron chi connectivity index (χ0n) is 11.2. The van der Waals surface area contributed by atoms with Crippen LogP contribution >= 0.6 is 0 Å². The number of hydrogen-bond donors (Lipinski definition) is 2. The molecule has 1 saturated carbocycles. The molecule has 0 saturated heterocycles. The van der Waals surface area contributed by atoms with Gasteiger partial charge >= 0.3 is 0 Å². The van der Waals surface area contributed by atoms with E-state index in [1.54, 1.807) is 0 Å². The SMILES string of the molecule is CCc1ccc(CC(NN)C2CC2(C)C)cc1. The van der Waals surface area contributed by atoms with Crippen LogP contribution in [-0.4, -0.2) is 6.04 Å². The van der Waals surface area contributed by atoms with Crippen LogP contribution in [0.25, 0.3) is 0 Å². The predicted octanol–water partition coefficient (Wildman–Crippen LogP) is 2.67. The first-order chi connectivity index (χ1) is 8.06. The summed E-state index contributed by atoms with van der Waals surface area (Å²) >= 11 is 0. The fourth-order valence-corrected chi connectivity index (χ4v) is 2.68. The van der Waals surface area contributed by atoms with Gasteiger partial charge in [0.15, 0.2) is 0 Å². The number of hydrogen-bond acceptors (Lipinski definition) is 2. The van der Waals surface area contributed by atoms with E-state index in [4.69, 9.17) is 5.84 Å². The molecular weight excluding hydrogens is 208 g/mol. The Hall–Kier alpha value is -0.860. The van der Waals surface area contributed by atoms with E-state index in [2.05, 4.69) is 50.5 Å². The Morgan fingerprint density at radius 2 is 1.82 bits per heavy atom. The average molecular weight is 232 g/mol. The highest BCUT2D eigenvalue weighted by atomic mass is 15.2. The third-order valence-corrected chi connectivity index (χ3v) is 4.18. The third kappa shape index (κ3) is 2.88. The number of aryl methyl sites for hydroxylation is 1. The number of rotatable bonds is 5. The van der Waals surface area contributed by atoms with Crippen molar-refractivity contribution in [3.8, 4) is 0 Å². The van der Waals surface area contributed by atoms with Crippen LogP contribution < -0.4 is 11.3 Å². The van der Waals surface area contributed by atoms with E-state index in [9.17, 15) is 0 Å². The summed E-state index contributed by atoms with van der Waals surface area (Å²) in [5, 5.41) is 0. The average Bonchev–Trinajstić information content (AvgIpc) is 2.96. The van der Waals surface area contributed by atoms with E-state index < -0.39 is 0 Å². The van der Waals surface area contributed by atoms with Gasteiger partial charge in [0.1, 0.15) is 0 Å². The molecule has 1 aliphatic rings. The van der Waals surface area contributed by atoms with Crippen molar-refractivity contribution in [3.63, 3.8) is 0 Å². The van der Waals surface area contributed by atoms with Crippen LogP contribution in [0.5, 0.6) is 0 Å². The van der Waals surface area contributed by atoms with Crippen molar-refractivity contribution >= 4 is 0 Å². The van der Waals surface area contributed by atoms with Gasteiger partial charge in [0.05, 0.1) is 0 Å². The van der Waals surface area contributed by atoms with Crippen LogP contribution in [0.2, 0.25) is 0 Å². The van der Waals surface area contributed by atoms with Crippen molar-refractivity contribution in [1.29, 1.82) is 0 Å². The molecule has 0 radical (unpaired) electrons. The van der Waals surface area contributed by atoms with Gasteiger partial charge in [-0.1, -0.05) is 45.0 Å². The highest BCUT2D eigenvalue weighted by Crippen LogP contribution is 2.53. The maximum Gasteiger partial charge on any atom is 0.0284 e. The van der Waals surface area contributed by atoms with Gasteiger partial charge in [-0.2, -0.15) is 0 Å². The van der Waals surface area contributed by atoms with E-state index in [0.717, 1.165) is 18.8 Å². The molecule has 2 rings (SSSR count). The van der Waals surface area contributed by atoms with Crippen LogP contribution in [-0.2, 0) is 12.8 Å². The van der Waals surface area contributed by atoms with Crippen molar-refractivity contribution < 1.29 is 0 Å². The number of hydrazine groups is 1. The normalized spacial score (nSPS) is 23.4. The largest absolute Gasteiger partial charge is 0.271 e. The first kappa shape index (κ1) is 12.6. The molecule has 1 aromatic carbocycles. The van der Waals surface area contributed by atoms with E-state index in [1.807, 2.05) is 0 Å². The minimum atomic E-state index is 0.414. The lowest BCUT2D eigenvalue weighted by atomic mass is 9.97. The van der Waals surface area contributed by atoms with E-state index in [1.165, 1.54) is 17.5 Å². The summed E-state index contributed by atoms with van der Waals surface area (Å²) < 4.78 is 0. The van der Waals surface area contributed by atoms with Crippen LogP contribution in [0.15, 0.2) is 24.3 Å². The zero-order valence-corrected chi connectivity index (χ0v) is 11.2. The van der Waals surface area contributed by atoms with Crippen LogP contribution in [0.3, 0.4) is 0 Å². The van der Waals surface area contributed by atoms with E-state index in [0.29, 0.717) is 11.5 Å². The van der Waals surface area contributed by atoms with Gasteiger partial charge in [0, 0.05) is 6.04 Å². The summed E-state index contributed by atoms with van der Waals surface area (Å²) in [4.78, 5) is 0. The molecule has 0 aliphatic heterocycles. The van der Waals surface area contributed by atoms with E-state index in [-0.39, 0.29) is 0 Å². The van der Waals surface area contributed by atoms with Crippen LogP contribution in [0.1, 0.15) is 38.3 Å². The zero-order chi connectivity index (χ0) is 12.5. The topological polar surface area (TPSA) is 38.0 Å². The predicted molar refractivity (Wildman–Crippen MR) is 72.5 cm³/mol. The monoisotopic (exact) mass is 232 g/mol. The van der Waals surface area contributed by atoms with Crippen LogP contribution in [0.4, 0.5) is 0 Å². The van der Waals surface area contributed by atoms with Gasteiger partial charge in [0.2, 0.25) is 0 Å². The second-order valence-electron chi connectivity index (χ2n) is 5.95. The Morgan fingerprint density at radius 1 is 1.29 bits per heavy atom. The number of nitrogens with one attached hydrogen (secondary N) is 1. The molecule has 94 valence electrons. The lowest BCUT2D eigenvalue weighted by molar-refractivity contribution is 0.409. The Bertz CT molecular complexity index is 367. The van der Waals surface area contributed by atoms with Crippen molar-refractivity contribution in [2.45, 2.75) is 46.1 Å². The molecule has 0 heterocycles. The summed E-state index contributed by atoms with van der Waals surface area (Å²) in [7, 11) is 0. The molecule has 2 atom stereocenters. The molecule has 0 amide bonds. The standard InChI is InChI=1S/C15H24N2/c1-4-11-5-7-12(8-6-11)9-14(17-16)13-10-15(13,2)3/h5-8,13-14,17H,4,9-10,16H2,1-3H3. The molecule has 1 aliphatic carbocycles. The molecule has 2 unspecified atom stereocenters. The van der Waals surface area contributed by atoms with Crippen LogP contribution in [0, 0.1) is 11.3 Å². The lowest BCUT2D eigenvalue weighted by Gasteiger charge is -2.17. The van der Waals surface area contributed by atoms with Gasteiger partial charge < -0.3 is 0 Å². The Kier molecular flexibility index (Phi) is 3.55. The van der Waals surface area contributed by atoms with Gasteiger partial charge in [-0.05, 0) is 41.7 Å². The van der Waals surface area contributed by atoms with Crippen molar-refractivity contribution in [2.75, 3.05) is 0 Å². The summed E-state index contributed by atoms with van der Waals surface area (Å²) in [6.45, 7) is 6.83. The molecule has 0 aromatic heterocycles. The maximum absolute atomic E-state index is 5.69. The Balaban J connectivity index is 1.98. The van der Waals surface area contributed by atoms with Gasteiger partial charge in [0.25, 0.3) is 0 Å². The first-order valence-electron chi connectivity index (χ1n) is 6.60. The maximum atomic E-state index is 5.69. The molecular formula is C15H24N2. The Morgan fingerprint density at radius 3 is 2.24 bits per heavy atom. The second kappa shape index (κ2) is 4.79. The summed E-state index contributed by atoms with van der Waals surface area (Å²) in [6, 6.07) is 9.33. The summed E-state index contributed by atoms with van der Waals surface area (Å²) in [5.74, 6) is 6.41. The lowest BCUT2D eigenvalue weighted by Crippen LogP contribution is -2.39. The third-order valence-electron chi connectivity index (χ3n) is 4.18. The molecule has 1 aromatic rings. The van der Waals surface area contributed by atoms with Gasteiger partial charge in [-0.15, -0.1) is 0 Å². The van der Waals surface area contributed by atoms with Gasteiger partial charge in [-0.25, -0.2) is 0 Å².